The second-order valence-electron chi connectivity index (χ2n) is 17.5. The lowest BCUT2D eigenvalue weighted by atomic mass is 10.0. The second kappa shape index (κ2) is 25.7. The van der Waals surface area contributed by atoms with Crippen molar-refractivity contribution in [3.05, 3.63) is 95.6 Å². The molecule has 2 atom stereocenters. The van der Waals surface area contributed by atoms with Gasteiger partial charge in [-0.05, 0) is 74.2 Å². The Morgan fingerprint density at radius 3 is 2.35 bits per heavy atom. The molecule has 8 rings (SSSR count). The molecule has 0 aliphatic carbocycles. The molecule has 0 bridgehead atoms. The zero-order valence-corrected chi connectivity index (χ0v) is 41.3. The van der Waals surface area contributed by atoms with Crippen LogP contribution >= 0.6 is 11.6 Å². The minimum Gasteiger partial charge on any atom is -0.420 e. The van der Waals surface area contributed by atoms with Crippen LogP contribution in [-0.4, -0.2) is 161 Å². The number of anilines is 3. The summed E-state index contributed by atoms with van der Waals surface area (Å²) in [5, 5.41) is 26.6. The predicted molar refractivity (Wildman–Crippen MR) is 264 cm³/mol. The Kier molecular flexibility index (Phi) is 18.4. The Bertz CT molecular complexity index is 2800. The summed E-state index contributed by atoms with van der Waals surface area (Å²) in [7, 11) is 0. The van der Waals surface area contributed by atoms with E-state index in [0.29, 0.717) is 133 Å². The fourth-order valence-corrected chi connectivity index (χ4v) is 8.67. The first-order valence-electron chi connectivity index (χ1n) is 24.3. The number of carbonyl (C=O) groups is 6. The van der Waals surface area contributed by atoms with Crippen LogP contribution < -0.4 is 30.9 Å². The highest BCUT2D eigenvalue weighted by molar-refractivity contribution is 6.25. The summed E-state index contributed by atoms with van der Waals surface area (Å²) >= 11 is 4.83. The van der Waals surface area contributed by atoms with Crippen molar-refractivity contribution < 1.29 is 61.2 Å². The molecule has 75 heavy (non-hydrogen) atoms. The number of piperidine rings is 1. The number of aromatic amines is 1. The first-order chi connectivity index (χ1) is 36.3. The van der Waals surface area contributed by atoms with Gasteiger partial charge in [-0.3, -0.25) is 44.1 Å². The molecule has 6 amide bonds. The number of aryl methyl sites for hydroxylation is 1. The van der Waals surface area contributed by atoms with Crippen LogP contribution in [0.3, 0.4) is 0 Å². The van der Waals surface area contributed by atoms with Crippen LogP contribution in [0.5, 0.6) is 5.75 Å². The van der Waals surface area contributed by atoms with Crippen molar-refractivity contribution in [2.24, 2.45) is 0 Å². The van der Waals surface area contributed by atoms with Crippen LogP contribution in [0, 0.1) is 0 Å². The number of benzene rings is 2. The third-order valence-corrected chi connectivity index (χ3v) is 12.2. The average Bonchev–Trinajstić information content (AvgIpc) is 4.24. The van der Waals surface area contributed by atoms with E-state index in [2.05, 4.69) is 51.5 Å². The van der Waals surface area contributed by atoms with Crippen molar-refractivity contribution in [3.63, 3.8) is 0 Å². The third-order valence-electron chi connectivity index (χ3n) is 12.2. The molecule has 3 aliphatic heterocycles. The molecule has 398 valence electrons. The minimum atomic E-state index is -3.86. The van der Waals surface area contributed by atoms with Gasteiger partial charge in [0.1, 0.15) is 17.6 Å². The van der Waals surface area contributed by atoms with Gasteiger partial charge in [-0.25, -0.2) is 9.67 Å². The zero-order valence-electron chi connectivity index (χ0n) is 40.6. The van der Waals surface area contributed by atoms with E-state index < -0.39 is 41.1 Å². The number of pyridine rings is 1. The Morgan fingerprint density at radius 2 is 1.63 bits per heavy atom. The number of nitrogens with one attached hydrogen (secondary N) is 5. The van der Waals surface area contributed by atoms with Crippen molar-refractivity contribution in [1.29, 1.82) is 0 Å². The Balaban J connectivity index is 0.640. The van der Waals surface area contributed by atoms with E-state index in [9.17, 15) is 37.5 Å². The molecule has 3 aliphatic rings. The maximum atomic E-state index is 13.2. The first-order valence-corrected chi connectivity index (χ1v) is 24.7. The molecule has 5 N–H and O–H groups in total. The average molecular weight is 1060 g/mol. The van der Waals surface area contributed by atoms with Crippen molar-refractivity contribution in [1.82, 2.24) is 45.7 Å². The quantitative estimate of drug-likeness (QED) is 0.0271. The van der Waals surface area contributed by atoms with Gasteiger partial charge in [-0.2, -0.15) is 5.10 Å². The molecular formula is C49H55ClF2N12O11. The first kappa shape index (κ1) is 53.8. The van der Waals surface area contributed by atoms with E-state index in [-0.39, 0.29) is 47.2 Å². The highest BCUT2D eigenvalue weighted by Gasteiger charge is 2.45. The number of alkyl halides is 3. The van der Waals surface area contributed by atoms with Crippen molar-refractivity contribution >= 4 is 64.2 Å². The summed E-state index contributed by atoms with van der Waals surface area (Å²) in [6, 6.07) is 12.5. The standard InChI is InChI=1S/C49H55ClF2N12O11/c50-49(51,52)75-35-9-7-32(8-10-35)57-45(67)31-27-37(38-13-15-55-60-38)44(54-28-31)62-17-14-33(29-62)56-41(65)6-1-3-34-30-63(61-59-34)18-20-72-22-24-74-26-25-73-23-21-71-19-16-53-39-5-2-4-36-43(39)48(70)64(47(36)69)40-11-12-42(66)58-46(40)68/h2,4-5,7-10,13,15,27-28,30,33,40,53H,1,3,6,11-12,14,16-26,29H2,(H,55,60)(H,56,65)(H,57,67)(H,58,66,68)/t33-,40?/m1/s1. The Morgan fingerprint density at radius 1 is 0.880 bits per heavy atom. The molecule has 3 aromatic heterocycles. The molecule has 2 saturated heterocycles. The van der Waals surface area contributed by atoms with Gasteiger partial charge in [0.25, 0.3) is 17.7 Å². The smallest absolute Gasteiger partial charge is 0.420 e. The third kappa shape index (κ3) is 14.9. The molecule has 5 aromatic rings. The summed E-state index contributed by atoms with van der Waals surface area (Å²) in [6.45, 7) is 4.91. The fraction of sp³-hybridized carbons (Fsp3) is 0.429. The monoisotopic (exact) mass is 1060 g/mol. The molecule has 23 nitrogen and oxygen atoms in total. The van der Waals surface area contributed by atoms with Crippen molar-refractivity contribution in [2.45, 2.75) is 62.7 Å². The molecule has 0 spiro atoms. The fourth-order valence-electron chi connectivity index (χ4n) is 8.58. The number of carbonyl (C=O) groups excluding carboxylic acids is 6. The van der Waals surface area contributed by atoms with Gasteiger partial charge in [0.2, 0.25) is 17.7 Å². The normalized spacial score (nSPS) is 16.6. The largest absolute Gasteiger partial charge is 0.487 e. The number of rotatable bonds is 28. The zero-order chi connectivity index (χ0) is 52.7. The topological polar surface area (TPSA) is 275 Å². The minimum absolute atomic E-state index is 0.0475. The molecule has 0 saturated carbocycles. The van der Waals surface area contributed by atoms with Crippen molar-refractivity contribution in [2.75, 3.05) is 88.0 Å². The van der Waals surface area contributed by atoms with Gasteiger partial charge in [-0.1, -0.05) is 11.3 Å². The van der Waals surface area contributed by atoms with Crippen LogP contribution in [0.1, 0.15) is 68.9 Å². The highest BCUT2D eigenvalue weighted by Crippen LogP contribution is 2.34. The van der Waals surface area contributed by atoms with Gasteiger partial charge in [0, 0.05) is 85.6 Å². The number of ether oxygens (including phenoxy) is 5. The number of H-pyrrole nitrogens is 1. The van der Waals surface area contributed by atoms with Crippen LogP contribution in [0.15, 0.2) is 73.2 Å². The molecule has 1 unspecified atom stereocenters. The number of hydrogen-bond donors (Lipinski definition) is 5. The summed E-state index contributed by atoms with van der Waals surface area (Å²) < 4.78 is 54.4. The number of nitrogens with zero attached hydrogens (tertiary/aromatic N) is 7. The van der Waals surface area contributed by atoms with Crippen LogP contribution in [-0.2, 0) is 46.3 Å². The molecule has 26 heteroatoms. The van der Waals surface area contributed by atoms with Crippen LogP contribution in [0.2, 0.25) is 0 Å². The maximum Gasteiger partial charge on any atom is 0.487 e. The lowest BCUT2D eigenvalue weighted by Crippen LogP contribution is -2.54. The lowest BCUT2D eigenvalue weighted by Gasteiger charge is -2.27. The molecule has 0 radical (unpaired) electrons. The van der Waals surface area contributed by atoms with E-state index in [1.165, 1.54) is 36.5 Å². The highest BCUT2D eigenvalue weighted by atomic mass is 35.5. The van der Waals surface area contributed by atoms with E-state index in [1.54, 1.807) is 35.1 Å². The van der Waals surface area contributed by atoms with Crippen molar-refractivity contribution in [3.8, 4) is 17.0 Å². The Hall–Kier alpha value is -7.45. The summed E-state index contributed by atoms with van der Waals surface area (Å²) in [5.41, 5.74) is -0.372. The number of halogens is 3. The van der Waals surface area contributed by atoms with E-state index >= 15 is 0 Å². The van der Waals surface area contributed by atoms with Crippen LogP contribution in [0.4, 0.5) is 26.0 Å². The molecule has 6 heterocycles. The number of hydrogen-bond acceptors (Lipinski definition) is 17. The van der Waals surface area contributed by atoms with Gasteiger partial charge in [-0.15, -0.1) is 13.9 Å². The van der Waals surface area contributed by atoms with E-state index in [1.807, 2.05) is 11.1 Å². The van der Waals surface area contributed by atoms with E-state index in [0.717, 1.165) is 10.6 Å². The van der Waals surface area contributed by atoms with Crippen LogP contribution in [0.25, 0.3) is 11.3 Å². The summed E-state index contributed by atoms with van der Waals surface area (Å²) in [5.74, 6) is -2.34. The number of imide groups is 2. The Labute approximate surface area is 433 Å². The van der Waals surface area contributed by atoms with E-state index in [4.69, 9.17) is 30.5 Å². The molecule has 2 fully saturated rings. The van der Waals surface area contributed by atoms with Gasteiger partial charge >= 0.3 is 5.57 Å². The number of amides is 6. The summed E-state index contributed by atoms with van der Waals surface area (Å²) in [4.78, 5) is 84.0. The lowest BCUT2D eigenvalue weighted by molar-refractivity contribution is -0.136. The van der Waals surface area contributed by atoms with Gasteiger partial charge in [0.15, 0.2) is 0 Å². The molecular weight excluding hydrogens is 1010 g/mol. The SMILES string of the molecule is O=C1CCC(N2C(=O)c3cccc(NCCOCCOCCOCCOCCn4cc(CCCC(=O)N[C@@H]5CCN(c6ncc(C(=O)Nc7ccc(OC(F)(F)Cl)cc7)cc6-c6ccn[nH]6)C5)nn4)c3C2=O)C(=O)N1. The predicted octanol–water partition coefficient (Wildman–Crippen LogP) is 3.78. The molecule has 2 aromatic carbocycles. The van der Waals surface area contributed by atoms with Gasteiger partial charge in [0.05, 0.1) is 87.5 Å². The number of aromatic nitrogens is 6. The summed E-state index contributed by atoms with van der Waals surface area (Å²) in [6.07, 6.45) is 7.18. The second-order valence-corrected chi connectivity index (χ2v) is 17.9. The van der Waals surface area contributed by atoms with Gasteiger partial charge < -0.3 is 44.5 Å². The maximum absolute atomic E-state index is 13.2. The number of fused-ring (bicyclic) bond motifs is 1.